The van der Waals surface area contributed by atoms with Crippen molar-refractivity contribution >= 4 is 23.3 Å². The quantitative estimate of drug-likeness (QED) is 0.429. The van der Waals surface area contributed by atoms with Crippen LogP contribution in [0.4, 0.5) is 15.8 Å². The van der Waals surface area contributed by atoms with Crippen molar-refractivity contribution in [1.82, 2.24) is 0 Å². The van der Waals surface area contributed by atoms with Crippen LogP contribution in [0, 0.1) is 5.82 Å². The molecule has 0 aliphatic carbocycles. The number of ether oxygens (including phenoxy) is 2. The zero-order valence-electron chi connectivity index (χ0n) is 16.4. The van der Waals surface area contributed by atoms with Crippen LogP contribution in [-0.4, -0.2) is 27.3 Å². The molecule has 3 aromatic carbocycles. The van der Waals surface area contributed by atoms with Gasteiger partial charge < -0.3 is 25.2 Å². The van der Waals surface area contributed by atoms with E-state index in [2.05, 4.69) is 10.0 Å². The lowest BCUT2D eigenvalue weighted by Crippen LogP contribution is -2.12. The third-order valence-electron chi connectivity index (χ3n) is 4.26. The molecule has 0 aliphatic rings. The molecule has 29 heavy (non-hydrogen) atoms. The highest BCUT2D eigenvalue weighted by Crippen LogP contribution is 2.38. The zero-order chi connectivity index (χ0) is 20.6. The first kappa shape index (κ1) is 20.8. The van der Waals surface area contributed by atoms with Crippen LogP contribution in [0.15, 0.2) is 65.6 Å². The maximum absolute atomic E-state index is 14.5. The molecule has 0 radical (unpaired) electrons. The molecule has 0 saturated carbocycles. The second-order valence-electron chi connectivity index (χ2n) is 6.18. The summed E-state index contributed by atoms with van der Waals surface area (Å²) in [6, 6.07) is 18.2. The van der Waals surface area contributed by atoms with E-state index in [9.17, 15) is 4.39 Å². The first-order valence-electron chi connectivity index (χ1n) is 9.14. The van der Waals surface area contributed by atoms with Crippen LogP contribution < -0.4 is 25.2 Å². The summed E-state index contributed by atoms with van der Waals surface area (Å²) in [5.74, 6) is 0.842. The molecule has 4 N–H and O–H groups in total. The maximum Gasteiger partial charge on any atom is 0.134 e. The molecule has 0 amide bonds. The minimum Gasteiger partial charge on any atom is -0.496 e. The Bertz CT molecular complexity index is 969. The van der Waals surface area contributed by atoms with Gasteiger partial charge in [-0.05, 0) is 60.0 Å². The molecule has 0 unspecified atom stereocenters. The molecule has 7 heteroatoms. The average Bonchev–Trinajstić information content (AvgIpc) is 2.76. The second-order valence-corrected chi connectivity index (χ2v) is 7.03. The van der Waals surface area contributed by atoms with Crippen molar-refractivity contribution in [2.24, 2.45) is 5.73 Å². The van der Waals surface area contributed by atoms with Crippen LogP contribution in [0.1, 0.15) is 0 Å². The van der Waals surface area contributed by atoms with E-state index in [1.165, 1.54) is 25.1 Å². The van der Waals surface area contributed by atoms with Crippen LogP contribution >= 0.6 is 11.9 Å². The van der Waals surface area contributed by atoms with E-state index < -0.39 is 0 Å². The Labute approximate surface area is 174 Å². The molecule has 3 aromatic rings. The van der Waals surface area contributed by atoms with Gasteiger partial charge in [-0.15, -0.1) is 0 Å². The van der Waals surface area contributed by atoms with Gasteiger partial charge in [-0.1, -0.05) is 18.2 Å². The van der Waals surface area contributed by atoms with E-state index in [1.807, 2.05) is 42.5 Å². The normalized spacial score (nSPS) is 10.5. The third-order valence-corrected chi connectivity index (χ3v) is 5.14. The van der Waals surface area contributed by atoms with Crippen molar-refractivity contribution in [3.8, 4) is 22.6 Å². The van der Waals surface area contributed by atoms with Crippen molar-refractivity contribution < 1.29 is 13.9 Å². The number of methoxy groups -OCH3 is 2. The highest BCUT2D eigenvalue weighted by atomic mass is 32.2. The molecule has 5 nitrogen and oxygen atoms in total. The number of hydrogen-bond acceptors (Lipinski definition) is 6. The van der Waals surface area contributed by atoms with Gasteiger partial charge in [0, 0.05) is 24.5 Å². The summed E-state index contributed by atoms with van der Waals surface area (Å²) in [4.78, 5) is 0.829. The number of benzene rings is 3. The molecule has 0 saturated heterocycles. The van der Waals surface area contributed by atoms with Crippen molar-refractivity contribution in [2.75, 3.05) is 37.3 Å². The molecule has 0 aliphatic heterocycles. The van der Waals surface area contributed by atoms with Crippen molar-refractivity contribution in [3.63, 3.8) is 0 Å². The third kappa shape index (κ3) is 5.13. The van der Waals surface area contributed by atoms with Gasteiger partial charge in [-0.3, -0.25) is 0 Å². The van der Waals surface area contributed by atoms with E-state index in [1.54, 1.807) is 19.2 Å². The highest BCUT2D eigenvalue weighted by Gasteiger charge is 2.14. The highest BCUT2D eigenvalue weighted by molar-refractivity contribution is 8.00. The molecule has 0 aromatic heterocycles. The lowest BCUT2D eigenvalue weighted by atomic mass is 10.0. The number of nitrogens with one attached hydrogen (secondary N) is 2. The van der Waals surface area contributed by atoms with Gasteiger partial charge >= 0.3 is 0 Å². The molecule has 0 spiro atoms. The molecule has 152 valence electrons. The fourth-order valence-electron chi connectivity index (χ4n) is 2.89. The number of halogens is 1. The summed E-state index contributed by atoms with van der Waals surface area (Å²) in [5, 5.41) is 3.25. The lowest BCUT2D eigenvalue weighted by Gasteiger charge is -2.14. The Hall–Kier alpha value is -2.90. The largest absolute Gasteiger partial charge is 0.496 e. The SMILES string of the molecule is COc1ccc(-c2c(F)cccc2OC)cc1SNc1cccc(NCCN)c1. The fourth-order valence-corrected chi connectivity index (χ4v) is 3.68. The summed E-state index contributed by atoms with van der Waals surface area (Å²) in [7, 11) is 3.14. The molecule has 3 rings (SSSR count). The predicted octanol–water partition coefficient (Wildman–Crippen LogP) is 5.00. The summed E-state index contributed by atoms with van der Waals surface area (Å²) < 4.78 is 28.6. The van der Waals surface area contributed by atoms with E-state index in [-0.39, 0.29) is 5.82 Å². The first-order chi connectivity index (χ1) is 14.2. The van der Waals surface area contributed by atoms with Crippen molar-refractivity contribution in [2.45, 2.75) is 4.90 Å². The number of rotatable bonds is 9. The van der Waals surface area contributed by atoms with Gasteiger partial charge in [-0.2, -0.15) is 0 Å². The monoisotopic (exact) mass is 413 g/mol. The van der Waals surface area contributed by atoms with Crippen molar-refractivity contribution in [3.05, 3.63) is 66.5 Å². The Morgan fingerprint density at radius 1 is 0.931 bits per heavy atom. The number of hydrogen-bond donors (Lipinski definition) is 3. The van der Waals surface area contributed by atoms with Crippen LogP contribution in [0.3, 0.4) is 0 Å². The summed E-state index contributed by atoms with van der Waals surface area (Å²) in [6.07, 6.45) is 0. The average molecular weight is 414 g/mol. The second kappa shape index (κ2) is 10.0. The summed E-state index contributed by atoms with van der Waals surface area (Å²) in [5.41, 5.74) is 8.59. The van der Waals surface area contributed by atoms with Crippen LogP contribution in [0.25, 0.3) is 11.1 Å². The summed E-state index contributed by atoms with van der Waals surface area (Å²) in [6.45, 7) is 1.27. The minimum absolute atomic E-state index is 0.336. The molecule has 0 fully saturated rings. The molecule has 0 heterocycles. The van der Waals surface area contributed by atoms with E-state index >= 15 is 0 Å². The van der Waals surface area contributed by atoms with Gasteiger partial charge in [0.05, 0.1) is 24.7 Å². The topological polar surface area (TPSA) is 68.5 Å². The minimum atomic E-state index is -0.336. The fraction of sp³-hybridized carbons (Fsp3) is 0.182. The smallest absolute Gasteiger partial charge is 0.134 e. The van der Waals surface area contributed by atoms with Gasteiger partial charge in [0.1, 0.15) is 17.3 Å². The van der Waals surface area contributed by atoms with Gasteiger partial charge in [0.2, 0.25) is 0 Å². The molecule has 0 bridgehead atoms. The zero-order valence-corrected chi connectivity index (χ0v) is 17.2. The molecular formula is C22H24FN3O2S. The predicted molar refractivity (Wildman–Crippen MR) is 118 cm³/mol. The van der Waals surface area contributed by atoms with Crippen LogP contribution in [-0.2, 0) is 0 Å². The van der Waals surface area contributed by atoms with E-state index in [0.717, 1.165) is 16.3 Å². The van der Waals surface area contributed by atoms with Crippen LogP contribution in [0.5, 0.6) is 11.5 Å². The van der Waals surface area contributed by atoms with E-state index in [4.69, 9.17) is 15.2 Å². The lowest BCUT2D eigenvalue weighted by molar-refractivity contribution is 0.404. The molecular weight excluding hydrogens is 389 g/mol. The van der Waals surface area contributed by atoms with E-state index in [0.29, 0.717) is 35.7 Å². The number of anilines is 2. The summed E-state index contributed by atoms with van der Waals surface area (Å²) >= 11 is 1.39. The van der Waals surface area contributed by atoms with Gasteiger partial charge in [0.25, 0.3) is 0 Å². The number of nitrogens with two attached hydrogens (primary N) is 1. The Kier molecular flexibility index (Phi) is 7.21. The standard InChI is InChI=1S/C22H24FN3O2S/c1-27-19-10-9-15(22-18(23)7-4-8-20(22)28-2)13-21(19)29-26-17-6-3-5-16(14-17)25-12-11-24/h3-10,13-14,25-26H,11-12,24H2,1-2H3. The first-order valence-corrected chi connectivity index (χ1v) is 9.95. The Morgan fingerprint density at radius 2 is 1.69 bits per heavy atom. The van der Waals surface area contributed by atoms with Crippen molar-refractivity contribution in [1.29, 1.82) is 0 Å². The Balaban J connectivity index is 1.86. The molecule has 0 atom stereocenters. The Morgan fingerprint density at radius 3 is 2.45 bits per heavy atom. The van der Waals surface area contributed by atoms with Gasteiger partial charge in [-0.25, -0.2) is 4.39 Å². The van der Waals surface area contributed by atoms with Gasteiger partial charge in [0.15, 0.2) is 0 Å². The van der Waals surface area contributed by atoms with Crippen LogP contribution in [0.2, 0.25) is 0 Å². The maximum atomic E-state index is 14.5.